The van der Waals surface area contributed by atoms with Gasteiger partial charge in [-0.15, -0.1) is 23.4 Å². The predicted octanol–water partition coefficient (Wildman–Crippen LogP) is -0.325. The Morgan fingerprint density at radius 3 is 2.84 bits per heavy atom. The van der Waals surface area contributed by atoms with Gasteiger partial charge in [0.1, 0.15) is 0 Å². The van der Waals surface area contributed by atoms with Crippen molar-refractivity contribution < 1.29 is 10.2 Å². The van der Waals surface area contributed by atoms with Crippen LogP contribution in [-0.4, -0.2) is 43.6 Å². The molecule has 0 amide bonds. The fourth-order valence-electron chi connectivity index (χ4n) is 2.07. The first-order valence-corrected chi connectivity index (χ1v) is 7.39. The Kier molecular flexibility index (Phi) is 4.72. The Morgan fingerprint density at radius 2 is 2.26 bits per heavy atom. The van der Waals surface area contributed by atoms with E-state index in [9.17, 15) is 14.7 Å². The molecule has 1 aromatic heterocycles. The van der Waals surface area contributed by atoms with E-state index in [0.29, 0.717) is 24.3 Å². The van der Waals surface area contributed by atoms with Gasteiger partial charge in [0.25, 0.3) is 5.56 Å². The number of hydrogen-bond donors (Lipinski definition) is 3. The van der Waals surface area contributed by atoms with Crippen molar-refractivity contribution in [3.8, 4) is 0 Å². The van der Waals surface area contributed by atoms with Crippen molar-refractivity contribution >= 4 is 23.4 Å². The summed E-state index contributed by atoms with van der Waals surface area (Å²) in [5, 5.41) is 18.3. The van der Waals surface area contributed by atoms with Crippen molar-refractivity contribution in [3.63, 3.8) is 0 Å². The number of halogens is 1. The Labute approximate surface area is 118 Å². The van der Waals surface area contributed by atoms with Crippen LogP contribution in [0.3, 0.4) is 0 Å². The zero-order valence-corrected chi connectivity index (χ0v) is 11.7. The van der Waals surface area contributed by atoms with Crippen LogP contribution in [0.15, 0.2) is 15.8 Å². The topological polar surface area (TPSA) is 95.3 Å². The Morgan fingerprint density at radius 1 is 1.53 bits per heavy atom. The summed E-state index contributed by atoms with van der Waals surface area (Å²) >= 11 is 6.94. The molecule has 2 rings (SSSR count). The number of H-pyrrole nitrogens is 1. The molecule has 1 aliphatic heterocycles. The van der Waals surface area contributed by atoms with Crippen molar-refractivity contribution in [3.05, 3.63) is 32.6 Å². The number of aromatic amines is 1. The zero-order valence-electron chi connectivity index (χ0n) is 10.1. The average Bonchev–Trinajstić information content (AvgIpc) is 2.74. The number of aliphatic hydroxyl groups is 2. The van der Waals surface area contributed by atoms with Gasteiger partial charge in [-0.05, 0) is 6.42 Å². The van der Waals surface area contributed by atoms with Gasteiger partial charge in [0.15, 0.2) is 0 Å². The lowest BCUT2D eigenvalue weighted by molar-refractivity contribution is 0.137. The van der Waals surface area contributed by atoms with E-state index in [1.165, 1.54) is 22.5 Å². The number of thioether (sulfide) groups is 1. The van der Waals surface area contributed by atoms with Crippen LogP contribution < -0.4 is 11.2 Å². The van der Waals surface area contributed by atoms with E-state index in [4.69, 9.17) is 16.7 Å². The van der Waals surface area contributed by atoms with Gasteiger partial charge < -0.3 is 10.2 Å². The molecule has 8 heteroatoms. The smallest absolute Gasteiger partial charge is 0.329 e. The molecular formula is C11H15ClN2O4S. The van der Waals surface area contributed by atoms with Crippen molar-refractivity contribution in [1.29, 1.82) is 0 Å². The minimum atomic E-state index is -0.657. The molecule has 0 saturated carbocycles. The van der Waals surface area contributed by atoms with Crippen LogP contribution in [-0.2, 0) is 6.42 Å². The molecule has 3 atom stereocenters. The first-order chi connectivity index (χ1) is 9.06. The van der Waals surface area contributed by atoms with Crippen LogP contribution in [0.2, 0.25) is 0 Å². The lowest BCUT2D eigenvalue weighted by Gasteiger charge is -2.13. The summed E-state index contributed by atoms with van der Waals surface area (Å²) in [4.78, 5) is 25.6. The molecule has 0 aliphatic carbocycles. The number of aliphatic hydroxyl groups excluding tert-OH is 2. The number of aromatic nitrogens is 2. The molecule has 19 heavy (non-hydrogen) atoms. The van der Waals surface area contributed by atoms with Crippen molar-refractivity contribution in [2.24, 2.45) is 0 Å². The molecule has 1 aromatic rings. The molecule has 1 saturated heterocycles. The summed E-state index contributed by atoms with van der Waals surface area (Å²) in [6.45, 7) is -0.144. The van der Waals surface area contributed by atoms with Gasteiger partial charge in [0, 0.05) is 24.1 Å². The van der Waals surface area contributed by atoms with Crippen LogP contribution in [0.5, 0.6) is 0 Å². The fraction of sp³-hybridized carbons (Fsp3) is 0.636. The summed E-state index contributed by atoms with van der Waals surface area (Å²) in [5.41, 5.74) is -0.493. The quantitative estimate of drug-likeness (QED) is 0.662. The molecule has 0 unspecified atom stereocenters. The minimum Gasteiger partial charge on any atom is -0.395 e. The number of rotatable bonds is 4. The Bertz CT molecular complexity index is 558. The summed E-state index contributed by atoms with van der Waals surface area (Å²) in [6.07, 6.45) is 1.58. The molecule has 6 nitrogen and oxygen atoms in total. The van der Waals surface area contributed by atoms with Gasteiger partial charge in [-0.1, -0.05) is 0 Å². The molecule has 0 spiro atoms. The van der Waals surface area contributed by atoms with Gasteiger partial charge >= 0.3 is 5.69 Å². The van der Waals surface area contributed by atoms with E-state index in [1.807, 2.05) is 0 Å². The van der Waals surface area contributed by atoms with Gasteiger partial charge in [-0.2, -0.15) is 0 Å². The zero-order chi connectivity index (χ0) is 14.0. The number of aryl methyl sites for hydroxylation is 1. The third-order valence-corrected chi connectivity index (χ3v) is 4.84. The van der Waals surface area contributed by atoms with Gasteiger partial charge in [0.2, 0.25) is 0 Å². The van der Waals surface area contributed by atoms with Crippen LogP contribution >= 0.6 is 23.4 Å². The molecule has 0 aromatic carbocycles. The van der Waals surface area contributed by atoms with Crippen LogP contribution in [0.4, 0.5) is 0 Å². The molecule has 3 N–H and O–H groups in total. The second-order valence-electron chi connectivity index (χ2n) is 4.37. The SMILES string of the molecule is O=c1[nH]c(=O)n([C@H]2C[C@H](O)[C@@H](CO)S2)cc1CCCl. The Hall–Kier alpha value is -0.760. The van der Waals surface area contributed by atoms with Crippen molar-refractivity contribution in [2.75, 3.05) is 12.5 Å². The lowest BCUT2D eigenvalue weighted by Crippen LogP contribution is -2.33. The number of alkyl halides is 1. The van der Waals surface area contributed by atoms with Gasteiger partial charge in [-0.25, -0.2) is 4.79 Å². The highest BCUT2D eigenvalue weighted by molar-refractivity contribution is 8.00. The third kappa shape index (κ3) is 3.05. The highest BCUT2D eigenvalue weighted by atomic mass is 35.5. The predicted molar refractivity (Wildman–Crippen MR) is 73.9 cm³/mol. The second-order valence-corrected chi connectivity index (χ2v) is 6.17. The van der Waals surface area contributed by atoms with E-state index in [0.717, 1.165) is 0 Å². The monoisotopic (exact) mass is 306 g/mol. The Balaban J connectivity index is 2.33. The van der Waals surface area contributed by atoms with Crippen LogP contribution in [0.1, 0.15) is 17.4 Å². The largest absolute Gasteiger partial charge is 0.395 e. The molecule has 1 fully saturated rings. The second kappa shape index (κ2) is 6.13. The van der Waals surface area contributed by atoms with Crippen molar-refractivity contribution in [1.82, 2.24) is 9.55 Å². The van der Waals surface area contributed by atoms with Crippen LogP contribution in [0, 0.1) is 0 Å². The molecule has 2 heterocycles. The van der Waals surface area contributed by atoms with E-state index in [2.05, 4.69) is 4.98 Å². The maximum absolute atomic E-state index is 11.8. The molecule has 1 aliphatic rings. The molecule has 0 bridgehead atoms. The third-order valence-electron chi connectivity index (χ3n) is 3.10. The van der Waals surface area contributed by atoms with Crippen LogP contribution in [0.25, 0.3) is 0 Å². The maximum Gasteiger partial charge on any atom is 0.329 e. The fourth-order valence-corrected chi connectivity index (χ4v) is 3.65. The van der Waals surface area contributed by atoms with E-state index >= 15 is 0 Å². The highest BCUT2D eigenvalue weighted by Crippen LogP contribution is 2.40. The average molecular weight is 307 g/mol. The number of nitrogens with zero attached hydrogens (tertiary/aromatic N) is 1. The molecular weight excluding hydrogens is 292 g/mol. The number of nitrogens with one attached hydrogen (secondary N) is 1. The van der Waals surface area contributed by atoms with E-state index in [1.54, 1.807) is 0 Å². The lowest BCUT2D eigenvalue weighted by atomic mass is 10.2. The summed E-state index contributed by atoms with van der Waals surface area (Å²) in [7, 11) is 0. The molecule has 0 radical (unpaired) electrons. The van der Waals surface area contributed by atoms with Crippen molar-refractivity contribution in [2.45, 2.75) is 29.6 Å². The van der Waals surface area contributed by atoms with Gasteiger partial charge in [-0.3, -0.25) is 14.3 Å². The summed E-state index contributed by atoms with van der Waals surface area (Å²) < 4.78 is 1.40. The van der Waals surface area contributed by atoms with Gasteiger partial charge in [0.05, 0.1) is 23.3 Å². The minimum absolute atomic E-state index is 0.144. The number of hydrogen-bond acceptors (Lipinski definition) is 5. The normalized spacial score (nSPS) is 26.8. The highest BCUT2D eigenvalue weighted by Gasteiger charge is 2.34. The maximum atomic E-state index is 11.8. The first-order valence-electron chi connectivity index (χ1n) is 5.91. The summed E-state index contributed by atoms with van der Waals surface area (Å²) in [6, 6.07) is 0. The molecule has 106 valence electrons. The standard InChI is InChI=1S/C11H15ClN2O4S/c12-2-1-6-4-14(11(18)13-10(6)17)9-3-7(16)8(5-15)19-9/h4,7-9,15-16H,1-3,5H2,(H,13,17,18)/t7-,8+,9+/m0/s1. The van der Waals surface area contributed by atoms with E-state index in [-0.39, 0.29) is 17.2 Å². The summed E-state index contributed by atoms with van der Waals surface area (Å²) in [5.74, 6) is 0.293. The van der Waals surface area contributed by atoms with E-state index < -0.39 is 17.4 Å². The first kappa shape index (κ1) is 14.6.